The molecule has 2 aromatic carbocycles. The molecule has 4 rings (SSSR count). The fourth-order valence-corrected chi connectivity index (χ4v) is 4.92. The lowest BCUT2D eigenvalue weighted by Crippen LogP contribution is -2.41. The van der Waals surface area contributed by atoms with Crippen LogP contribution in [0.2, 0.25) is 5.02 Å². The standard InChI is InChI=1S/C21H19B2ClNO8P/c1-25-7-6-10(12(26)8-25)13-17(27)16(23)21(33-34(29,30)31)14-18(28)15(22)19(32-20(13)14)9-4-2-3-5-11(9)24/h2-5,10,12,26-27H,6-8H2,1H3,(H2,29,30,31)/t10-,12+/m0/s1. The van der Waals surface area contributed by atoms with Crippen LogP contribution < -0.4 is 20.9 Å². The summed E-state index contributed by atoms with van der Waals surface area (Å²) in [6, 6.07) is 6.44. The molecule has 3 aromatic rings. The minimum Gasteiger partial charge on any atom is -0.508 e. The number of piperidine rings is 1. The van der Waals surface area contributed by atoms with E-state index in [1.165, 1.54) is 0 Å². The number of aromatic hydroxyl groups is 1. The average molecular weight is 501 g/mol. The Morgan fingerprint density at radius 2 is 1.91 bits per heavy atom. The van der Waals surface area contributed by atoms with Gasteiger partial charge in [-0.2, -0.15) is 0 Å². The van der Waals surface area contributed by atoms with Crippen molar-refractivity contribution in [3.8, 4) is 22.8 Å². The molecule has 2 heterocycles. The Morgan fingerprint density at radius 1 is 1.24 bits per heavy atom. The van der Waals surface area contributed by atoms with Crippen molar-refractivity contribution in [1.82, 2.24) is 4.90 Å². The first-order chi connectivity index (χ1) is 15.9. The number of aliphatic hydroxyl groups excluding tert-OH is 1. The monoisotopic (exact) mass is 501 g/mol. The maximum atomic E-state index is 13.4. The third kappa shape index (κ3) is 4.40. The number of nitrogens with zero attached hydrogens (tertiary/aromatic N) is 1. The smallest absolute Gasteiger partial charge is 0.508 e. The molecule has 1 saturated heterocycles. The number of halogens is 1. The molecule has 1 aliphatic heterocycles. The van der Waals surface area contributed by atoms with Gasteiger partial charge in [0.15, 0.2) is 5.43 Å². The molecule has 0 aliphatic carbocycles. The molecule has 13 heteroatoms. The summed E-state index contributed by atoms with van der Waals surface area (Å²) in [7, 11) is 8.66. The summed E-state index contributed by atoms with van der Waals surface area (Å²) in [6.45, 7) is 0.822. The Bertz CT molecular complexity index is 1390. The molecule has 174 valence electrons. The number of phenolic OH excluding ortho intramolecular Hbond substituents is 1. The molecule has 34 heavy (non-hydrogen) atoms. The van der Waals surface area contributed by atoms with Gasteiger partial charge in [0.25, 0.3) is 0 Å². The van der Waals surface area contributed by atoms with Gasteiger partial charge < -0.3 is 24.1 Å². The van der Waals surface area contributed by atoms with Gasteiger partial charge in [0, 0.05) is 23.6 Å². The SMILES string of the molecule is [B]c1c(O)c([C@H]2CCN(C)C[C@H]2O)c2oc(-c3ccccc3Cl)c([B])c(=O)c2c1OP(=O)(O)O. The summed E-state index contributed by atoms with van der Waals surface area (Å²) >= 11 is 6.28. The van der Waals surface area contributed by atoms with Gasteiger partial charge >= 0.3 is 7.82 Å². The minimum atomic E-state index is -5.21. The van der Waals surface area contributed by atoms with E-state index in [0.29, 0.717) is 13.0 Å². The summed E-state index contributed by atoms with van der Waals surface area (Å²) in [6.07, 6.45) is -0.596. The van der Waals surface area contributed by atoms with E-state index in [9.17, 15) is 29.4 Å². The van der Waals surface area contributed by atoms with Gasteiger partial charge in [-0.3, -0.25) is 14.6 Å². The average Bonchev–Trinajstić information content (AvgIpc) is 2.75. The molecule has 0 spiro atoms. The number of hydrogen-bond donors (Lipinski definition) is 4. The summed E-state index contributed by atoms with van der Waals surface area (Å²) in [5.41, 5.74) is -1.86. The first-order valence-electron chi connectivity index (χ1n) is 10.2. The number of phosphoric ester groups is 1. The van der Waals surface area contributed by atoms with E-state index in [2.05, 4.69) is 4.52 Å². The molecule has 9 nitrogen and oxygen atoms in total. The molecule has 1 fully saturated rings. The molecule has 4 radical (unpaired) electrons. The summed E-state index contributed by atoms with van der Waals surface area (Å²) in [5, 5.41) is 21.5. The number of benzene rings is 2. The number of likely N-dealkylation sites (N-methyl/N-ethyl adjacent to an activating group) is 1. The van der Waals surface area contributed by atoms with E-state index in [1.807, 2.05) is 11.9 Å². The van der Waals surface area contributed by atoms with Crippen LogP contribution in [0.3, 0.4) is 0 Å². The molecule has 0 amide bonds. The van der Waals surface area contributed by atoms with Crippen molar-refractivity contribution >= 4 is 57.0 Å². The van der Waals surface area contributed by atoms with Gasteiger partial charge in [-0.25, -0.2) is 4.57 Å². The number of aliphatic hydroxyl groups is 1. The Morgan fingerprint density at radius 3 is 2.53 bits per heavy atom. The van der Waals surface area contributed by atoms with Crippen LogP contribution in [0.5, 0.6) is 11.5 Å². The summed E-state index contributed by atoms with van der Waals surface area (Å²) in [5.74, 6) is -2.21. The number of fused-ring (bicyclic) bond motifs is 1. The van der Waals surface area contributed by atoms with Crippen molar-refractivity contribution in [3.63, 3.8) is 0 Å². The topological polar surface area (TPSA) is 141 Å². The largest absolute Gasteiger partial charge is 0.524 e. The second-order valence-electron chi connectivity index (χ2n) is 8.17. The number of hydrogen-bond acceptors (Lipinski definition) is 7. The van der Waals surface area contributed by atoms with Crippen molar-refractivity contribution in [2.75, 3.05) is 20.1 Å². The molecule has 1 aliphatic rings. The zero-order chi connectivity index (χ0) is 24.9. The van der Waals surface area contributed by atoms with Crippen LogP contribution in [0.4, 0.5) is 0 Å². The number of likely N-dealkylation sites (tertiary alicyclic amines) is 1. The number of β-amino-alcohol motifs (C(OH)–C–C–N with tert-alkyl or cyclic N) is 1. The van der Waals surface area contributed by atoms with Crippen molar-refractivity contribution in [1.29, 1.82) is 0 Å². The van der Waals surface area contributed by atoms with Crippen LogP contribution in [0.15, 0.2) is 33.5 Å². The van der Waals surface area contributed by atoms with Gasteiger partial charge in [-0.1, -0.05) is 23.7 Å². The fourth-order valence-electron chi connectivity index (χ4n) is 4.27. The summed E-state index contributed by atoms with van der Waals surface area (Å²) < 4.78 is 22.3. The zero-order valence-electron chi connectivity index (χ0n) is 17.9. The van der Waals surface area contributed by atoms with Gasteiger partial charge in [-0.15, -0.1) is 0 Å². The van der Waals surface area contributed by atoms with Gasteiger partial charge in [0.1, 0.15) is 43.9 Å². The van der Waals surface area contributed by atoms with E-state index < -0.39 is 53.1 Å². The predicted molar refractivity (Wildman–Crippen MR) is 129 cm³/mol. The number of phosphoric acid groups is 1. The highest BCUT2D eigenvalue weighted by Crippen LogP contribution is 2.45. The Labute approximate surface area is 202 Å². The van der Waals surface area contributed by atoms with E-state index >= 15 is 0 Å². The highest BCUT2D eigenvalue weighted by Gasteiger charge is 2.36. The van der Waals surface area contributed by atoms with E-state index in [0.717, 1.165) is 0 Å². The third-order valence-electron chi connectivity index (χ3n) is 5.86. The maximum Gasteiger partial charge on any atom is 0.524 e. The first kappa shape index (κ1) is 24.9. The number of phenols is 1. The predicted octanol–water partition coefficient (Wildman–Crippen LogP) is 0.658. The normalized spacial score (nSPS) is 19.4. The maximum absolute atomic E-state index is 13.4. The second kappa shape index (κ2) is 9.07. The second-order valence-corrected chi connectivity index (χ2v) is 9.74. The van der Waals surface area contributed by atoms with Gasteiger partial charge in [-0.05, 0) is 43.1 Å². The molecule has 0 saturated carbocycles. The molecule has 2 atom stereocenters. The molecule has 1 aromatic heterocycles. The fraction of sp³-hybridized carbons (Fsp3) is 0.286. The van der Waals surface area contributed by atoms with Crippen LogP contribution in [0.1, 0.15) is 17.9 Å². The lowest BCUT2D eigenvalue weighted by atomic mass is 9.79. The molecule has 4 N–H and O–H groups in total. The van der Waals surface area contributed by atoms with E-state index in [-0.39, 0.29) is 34.0 Å². The number of rotatable bonds is 4. The van der Waals surface area contributed by atoms with Gasteiger partial charge in [0.05, 0.1) is 11.1 Å². The zero-order valence-corrected chi connectivity index (χ0v) is 19.6. The van der Waals surface area contributed by atoms with Crippen molar-refractivity contribution < 1.29 is 33.5 Å². The lowest BCUT2D eigenvalue weighted by Gasteiger charge is -2.35. The highest BCUT2D eigenvalue weighted by atomic mass is 35.5. The van der Waals surface area contributed by atoms with Gasteiger partial charge in [0.2, 0.25) is 0 Å². The van der Waals surface area contributed by atoms with Crippen molar-refractivity contribution in [2.45, 2.75) is 18.4 Å². The van der Waals surface area contributed by atoms with Crippen LogP contribution in [0.25, 0.3) is 22.3 Å². The Kier molecular flexibility index (Phi) is 6.63. The Balaban J connectivity index is 2.14. The third-order valence-corrected chi connectivity index (χ3v) is 6.61. The quantitative estimate of drug-likeness (QED) is 0.300. The van der Waals surface area contributed by atoms with Crippen LogP contribution in [-0.2, 0) is 4.57 Å². The van der Waals surface area contributed by atoms with E-state index in [4.69, 9.17) is 31.7 Å². The minimum absolute atomic E-state index is 0.0107. The lowest BCUT2D eigenvalue weighted by molar-refractivity contribution is 0.0631. The van der Waals surface area contributed by atoms with Crippen LogP contribution in [-0.4, -0.2) is 66.8 Å². The van der Waals surface area contributed by atoms with Crippen molar-refractivity contribution in [3.05, 3.63) is 45.1 Å². The molecule has 0 bridgehead atoms. The molecule has 0 unspecified atom stereocenters. The molecular weight excluding hydrogens is 482 g/mol. The van der Waals surface area contributed by atoms with Crippen LogP contribution in [0, 0.1) is 0 Å². The van der Waals surface area contributed by atoms with Crippen LogP contribution >= 0.6 is 19.4 Å². The highest BCUT2D eigenvalue weighted by molar-refractivity contribution is 7.46. The van der Waals surface area contributed by atoms with Crippen molar-refractivity contribution in [2.24, 2.45) is 0 Å². The Hall–Kier alpha value is -2.26. The first-order valence-corrected chi connectivity index (χ1v) is 12.1. The van der Waals surface area contributed by atoms with E-state index in [1.54, 1.807) is 24.3 Å². The molecular formula is C21H19B2ClNO8P. The summed E-state index contributed by atoms with van der Waals surface area (Å²) in [4.78, 5) is 34.1.